The van der Waals surface area contributed by atoms with Crippen LogP contribution in [0.4, 0.5) is 11.4 Å². The largest absolute Gasteiger partial charge is 0.361 e. The van der Waals surface area contributed by atoms with E-state index in [-0.39, 0.29) is 18.1 Å². The van der Waals surface area contributed by atoms with Crippen molar-refractivity contribution in [2.75, 3.05) is 38.0 Å². The molecule has 0 bridgehead atoms. The SMILES string of the molecule is Cc1cc(CN2CCN(CC(=O)Nc3cccc([N+](=O)[O-])c3C)CC2)no1. The van der Waals surface area contributed by atoms with Crippen molar-refractivity contribution in [3.05, 3.63) is 51.4 Å². The molecule has 1 fully saturated rings. The van der Waals surface area contributed by atoms with E-state index < -0.39 is 4.92 Å². The number of hydrogen-bond donors (Lipinski definition) is 1. The van der Waals surface area contributed by atoms with Crippen LogP contribution in [-0.4, -0.2) is 58.5 Å². The van der Waals surface area contributed by atoms with Crippen LogP contribution in [0.3, 0.4) is 0 Å². The Hall–Kier alpha value is -2.78. The summed E-state index contributed by atoms with van der Waals surface area (Å²) in [4.78, 5) is 27.2. The van der Waals surface area contributed by atoms with E-state index in [0.717, 1.165) is 44.2 Å². The van der Waals surface area contributed by atoms with E-state index in [4.69, 9.17) is 4.52 Å². The van der Waals surface area contributed by atoms with E-state index >= 15 is 0 Å². The van der Waals surface area contributed by atoms with Crippen LogP contribution >= 0.6 is 0 Å². The Morgan fingerprint density at radius 1 is 1.26 bits per heavy atom. The van der Waals surface area contributed by atoms with Gasteiger partial charge in [0.25, 0.3) is 5.69 Å². The molecule has 1 aromatic heterocycles. The van der Waals surface area contributed by atoms with Crippen LogP contribution in [0, 0.1) is 24.0 Å². The van der Waals surface area contributed by atoms with Crippen molar-refractivity contribution in [1.29, 1.82) is 0 Å². The standard InChI is InChI=1S/C18H23N5O4/c1-13-10-15(20-27-13)11-21-6-8-22(9-7-21)12-18(24)19-16-4-3-5-17(14(16)2)23(25)26/h3-5,10H,6-9,11-12H2,1-2H3,(H,19,24). The molecule has 1 saturated heterocycles. The zero-order valence-electron chi connectivity index (χ0n) is 15.5. The highest BCUT2D eigenvalue weighted by atomic mass is 16.6. The molecule has 0 atom stereocenters. The Balaban J connectivity index is 1.48. The van der Waals surface area contributed by atoms with Gasteiger partial charge in [0, 0.05) is 44.9 Å². The lowest BCUT2D eigenvalue weighted by atomic mass is 10.1. The minimum atomic E-state index is -0.444. The van der Waals surface area contributed by atoms with Crippen LogP contribution in [0.15, 0.2) is 28.8 Å². The molecule has 0 aliphatic carbocycles. The van der Waals surface area contributed by atoms with Gasteiger partial charge in [0.1, 0.15) is 5.76 Å². The third-order valence-corrected chi connectivity index (χ3v) is 4.67. The van der Waals surface area contributed by atoms with E-state index in [1.54, 1.807) is 19.1 Å². The molecular formula is C18H23N5O4. The Morgan fingerprint density at radius 3 is 2.59 bits per heavy atom. The fourth-order valence-corrected chi connectivity index (χ4v) is 3.18. The first-order valence-corrected chi connectivity index (χ1v) is 8.83. The molecule has 0 spiro atoms. The number of hydrogen-bond acceptors (Lipinski definition) is 7. The summed E-state index contributed by atoms with van der Waals surface area (Å²) in [5, 5.41) is 17.8. The van der Waals surface area contributed by atoms with Gasteiger partial charge in [-0.25, -0.2) is 0 Å². The molecule has 9 heteroatoms. The number of benzene rings is 1. The highest BCUT2D eigenvalue weighted by Crippen LogP contribution is 2.25. The second-order valence-electron chi connectivity index (χ2n) is 6.74. The lowest BCUT2D eigenvalue weighted by molar-refractivity contribution is -0.385. The van der Waals surface area contributed by atoms with Crippen molar-refractivity contribution in [1.82, 2.24) is 15.0 Å². The maximum atomic E-state index is 12.3. The summed E-state index contributed by atoms with van der Waals surface area (Å²) in [6.07, 6.45) is 0. The van der Waals surface area contributed by atoms with Crippen LogP contribution in [0.2, 0.25) is 0 Å². The van der Waals surface area contributed by atoms with Gasteiger partial charge in [-0.15, -0.1) is 0 Å². The van der Waals surface area contributed by atoms with E-state index in [0.29, 0.717) is 11.3 Å². The van der Waals surface area contributed by atoms with Crippen molar-refractivity contribution in [2.24, 2.45) is 0 Å². The van der Waals surface area contributed by atoms with Crippen molar-refractivity contribution in [2.45, 2.75) is 20.4 Å². The Morgan fingerprint density at radius 2 is 1.96 bits per heavy atom. The molecule has 27 heavy (non-hydrogen) atoms. The molecule has 2 heterocycles. The second-order valence-corrected chi connectivity index (χ2v) is 6.74. The average Bonchev–Trinajstić information content (AvgIpc) is 3.03. The second kappa shape index (κ2) is 8.28. The van der Waals surface area contributed by atoms with Gasteiger partial charge in [-0.05, 0) is 19.9 Å². The third-order valence-electron chi connectivity index (χ3n) is 4.67. The number of nitrogens with one attached hydrogen (secondary N) is 1. The molecule has 2 aromatic rings. The van der Waals surface area contributed by atoms with Crippen LogP contribution in [0.5, 0.6) is 0 Å². The number of carbonyl (C=O) groups is 1. The minimum absolute atomic E-state index is 0.00417. The Labute approximate surface area is 157 Å². The first kappa shape index (κ1) is 19.0. The number of carbonyl (C=O) groups excluding carboxylic acids is 1. The van der Waals surface area contributed by atoms with Gasteiger partial charge >= 0.3 is 0 Å². The summed E-state index contributed by atoms with van der Waals surface area (Å²) in [6, 6.07) is 6.62. The van der Waals surface area contributed by atoms with Crippen LogP contribution < -0.4 is 5.32 Å². The Kier molecular flexibility index (Phi) is 5.82. The van der Waals surface area contributed by atoms with Crippen molar-refractivity contribution in [3.63, 3.8) is 0 Å². The number of amides is 1. The summed E-state index contributed by atoms with van der Waals surface area (Å²) in [5.74, 6) is 0.635. The number of aromatic nitrogens is 1. The molecule has 1 aromatic carbocycles. The number of rotatable bonds is 6. The summed E-state index contributed by atoms with van der Waals surface area (Å²) < 4.78 is 5.09. The van der Waals surface area contributed by atoms with Gasteiger partial charge < -0.3 is 9.84 Å². The number of nitro groups is 1. The molecule has 9 nitrogen and oxygen atoms in total. The predicted octanol–water partition coefficient (Wildman–Crippen LogP) is 1.96. The van der Waals surface area contributed by atoms with E-state index in [2.05, 4.69) is 20.3 Å². The number of anilines is 1. The minimum Gasteiger partial charge on any atom is -0.361 e. The van der Waals surface area contributed by atoms with Crippen LogP contribution in [0.1, 0.15) is 17.0 Å². The van der Waals surface area contributed by atoms with Gasteiger partial charge in [0.05, 0.1) is 28.4 Å². The van der Waals surface area contributed by atoms with Crippen molar-refractivity contribution >= 4 is 17.3 Å². The van der Waals surface area contributed by atoms with E-state index in [1.807, 2.05) is 13.0 Å². The molecule has 0 radical (unpaired) electrons. The maximum Gasteiger partial charge on any atom is 0.274 e. The quantitative estimate of drug-likeness (QED) is 0.609. The monoisotopic (exact) mass is 373 g/mol. The number of nitrogens with zero attached hydrogens (tertiary/aromatic N) is 4. The zero-order chi connectivity index (χ0) is 19.4. The number of nitro benzene ring substituents is 1. The fraction of sp³-hybridized carbons (Fsp3) is 0.444. The zero-order valence-corrected chi connectivity index (χ0v) is 15.5. The molecule has 0 saturated carbocycles. The summed E-state index contributed by atoms with van der Waals surface area (Å²) >= 11 is 0. The first-order valence-electron chi connectivity index (χ1n) is 8.83. The first-order chi connectivity index (χ1) is 12.9. The average molecular weight is 373 g/mol. The Bertz CT molecular complexity index is 827. The predicted molar refractivity (Wildman–Crippen MR) is 99.4 cm³/mol. The molecule has 1 amide bonds. The van der Waals surface area contributed by atoms with Gasteiger partial charge in [-0.1, -0.05) is 11.2 Å². The van der Waals surface area contributed by atoms with Gasteiger partial charge in [-0.3, -0.25) is 24.7 Å². The molecule has 3 rings (SSSR count). The van der Waals surface area contributed by atoms with Gasteiger partial charge in [0.15, 0.2) is 0 Å². The topological polar surface area (TPSA) is 105 Å². The van der Waals surface area contributed by atoms with Crippen molar-refractivity contribution < 1.29 is 14.2 Å². The smallest absolute Gasteiger partial charge is 0.274 e. The fourth-order valence-electron chi connectivity index (χ4n) is 3.18. The summed E-state index contributed by atoms with van der Waals surface area (Å²) in [6.45, 7) is 7.75. The molecule has 0 unspecified atom stereocenters. The van der Waals surface area contributed by atoms with Crippen molar-refractivity contribution in [3.8, 4) is 0 Å². The maximum absolute atomic E-state index is 12.3. The van der Waals surface area contributed by atoms with Gasteiger partial charge in [0.2, 0.25) is 5.91 Å². The summed E-state index contributed by atoms with van der Waals surface area (Å²) in [5.41, 5.74) is 1.86. The highest BCUT2D eigenvalue weighted by molar-refractivity contribution is 5.93. The van der Waals surface area contributed by atoms with E-state index in [9.17, 15) is 14.9 Å². The lowest BCUT2D eigenvalue weighted by Gasteiger charge is -2.33. The van der Waals surface area contributed by atoms with Crippen LogP contribution in [-0.2, 0) is 11.3 Å². The number of piperazine rings is 1. The third kappa shape index (κ3) is 4.89. The molecule has 1 aliphatic heterocycles. The van der Waals surface area contributed by atoms with Gasteiger partial charge in [-0.2, -0.15) is 0 Å². The molecule has 1 aliphatic rings. The molecular weight excluding hydrogens is 350 g/mol. The van der Waals surface area contributed by atoms with Crippen LogP contribution in [0.25, 0.3) is 0 Å². The lowest BCUT2D eigenvalue weighted by Crippen LogP contribution is -2.48. The molecule has 1 N–H and O–H groups in total. The molecule has 144 valence electrons. The number of aryl methyl sites for hydroxylation is 1. The normalized spacial score (nSPS) is 15.6. The highest BCUT2D eigenvalue weighted by Gasteiger charge is 2.21. The van der Waals surface area contributed by atoms with E-state index in [1.165, 1.54) is 6.07 Å². The summed E-state index contributed by atoms with van der Waals surface area (Å²) in [7, 11) is 0.